The minimum Gasteiger partial charge on any atom is -0.489 e. The quantitative estimate of drug-likeness (QED) is 0.585. The molecule has 1 aliphatic heterocycles. The van der Waals surface area contributed by atoms with Crippen molar-refractivity contribution in [2.24, 2.45) is 0 Å². The normalized spacial score (nSPS) is 14.3. The van der Waals surface area contributed by atoms with Crippen molar-refractivity contribution in [2.45, 2.75) is 27.4 Å². The van der Waals surface area contributed by atoms with Gasteiger partial charge in [0.1, 0.15) is 29.6 Å². The highest BCUT2D eigenvalue weighted by Crippen LogP contribution is 2.37. The first-order chi connectivity index (χ1) is 13.0. The second kappa shape index (κ2) is 6.80. The molecule has 4 rings (SSSR count). The number of ketones is 1. The van der Waals surface area contributed by atoms with E-state index in [0.717, 1.165) is 16.9 Å². The van der Waals surface area contributed by atoms with Crippen LogP contribution in [0.4, 0.5) is 0 Å². The zero-order chi connectivity index (χ0) is 19.0. The average molecular weight is 360 g/mol. The van der Waals surface area contributed by atoms with E-state index in [0.29, 0.717) is 29.4 Å². The number of carbonyl (C=O) groups is 1. The highest BCUT2D eigenvalue weighted by Gasteiger charge is 2.30. The third-order valence-corrected chi connectivity index (χ3v) is 4.50. The summed E-state index contributed by atoms with van der Waals surface area (Å²) in [6.45, 7) is 6.26. The summed E-state index contributed by atoms with van der Waals surface area (Å²) in [6.07, 6.45) is 1.63. The summed E-state index contributed by atoms with van der Waals surface area (Å²) in [5, 5.41) is 0. The Morgan fingerprint density at radius 2 is 1.78 bits per heavy atom. The molecule has 0 fully saturated rings. The van der Waals surface area contributed by atoms with Gasteiger partial charge in [0.25, 0.3) is 0 Å². The Bertz CT molecular complexity index is 1040. The van der Waals surface area contributed by atoms with Crippen molar-refractivity contribution in [2.75, 3.05) is 0 Å². The standard InChI is InChI=1S/C23H20O4/c1-14-4-7-17(8-5-14)13-25-19-10-15(2)22-20(12-19)27-21(23(22)24)11-18-9-6-16(3)26-18/h4-12H,13H2,1-3H3/b21-11-. The number of aryl methyl sites for hydroxylation is 3. The van der Waals surface area contributed by atoms with E-state index in [2.05, 4.69) is 19.1 Å². The predicted octanol–water partition coefficient (Wildman–Crippen LogP) is 5.40. The summed E-state index contributed by atoms with van der Waals surface area (Å²) in [6, 6.07) is 15.5. The van der Waals surface area contributed by atoms with Crippen molar-refractivity contribution < 1.29 is 18.7 Å². The molecule has 0 unspecified atom stereocenters. The van der Waals surface area contributed by atoms with Crippen molar-refractivity contribution in [3.8, 4) is 11.5 Å². The molecule has 0 atom stereocenters. The molecule has 2 heterocycles. The Kier molecular flexibility index (Phi) is 4.32. The summed E-state index contributed by atoms with van der Waals surface area (Å²) in [4.78, 5) is 12.7. The number of rotatable bonds is 4. The number of hydrogen-bond acceptors (Lipinski definition) is 4. The van der Waals surface area contributed by atoms with E-state index < -0.39 is 0 Å². The molecule has 0 saturated carbocycles. The zero-order valence-electron chi connectivity index (χ0n) is 15.5. The van der Waals surface area contributed by atoms with E-state index in [-0.39, 0.29) is 11.5 Å². The fraction of sp³-hybridized carbons (Fsp3) is 0.174. The molecule has 0 bridgehead atoms. The topological polar surface area (TPSA) is 48.7 Å². The molecule has 2 aromatic carbocycles. The lowest BCUT2D eigenvalue weighted by molar-refractivity contribution is 0.101. The first kappa shape index (κ1) is 17.2. The Hall–Kier alpha value is -3.27. The van der Waals surface area contributed by atoms with Gasteiger partial charge in [-0.3, -0.25) is 4.79 Å². The van der Waals surface area contributed by atoms with Gasteiger partial charge in [-0.1, -0.05) is 29.8 Å². The van der Waals surface area contributed by atoms with E-state index >= 15 is 0 Å². The number of ether oxygens (including phenoxy) is 2. The van der Waals surface area contributed by atoms with Crippen LogP contribution in [0, 0.1) is 20.8 Å². The molecule has 27 heavy (non-hydrogen) atoms. The number of fused-ring (bicyclic) bond motifs is 1. The number of benzene rings is 2. The lowest BCUT2D eigenvalue weighted by Crippen LogP contribution is -2.00. The Morgan fingerprint density at radius 3 is 2.48 bits per heavy atom. The molecule has 0 saturated heterocycles. The first-order valence-corrected chi connectivity index (χ1v) is 8.83. The van der Waals surface area contributed by atoms with Crippen molar-refractivity contribution in [3.05, 3.63) is 88.1 Å². The van der Waals surface area contributed by atoms with Gasteiger partial charge in [0.2, 0.25) is 5.78 Å². The predicted molar refractivity (Wildman–Crippen MR) is 103 cm³/mol. The molecule has 1 aliphatic rings. The van der Waals surface area contributed by atoms with E-state index in [9.17, 15) is 4.79 Å². The maximum absolute atomic E-state index is 12.7. The molecule has 1 aromatic heterocycles. The second-order valence-electron chi connectivity index (χ2n) is 6.78. The molecule has 0 aliphatic carbocycles. The average Bonchev–Trinajstić information content (AvgIpc) is 3.18. The van der Waals surface area contributed by atoms with Gasteiger partial charge >= 0.3 is 0 Å². The smallest absolute Gasteiger partial charge is 0.232 e. The van der Waals surface area contributed by atoms with Gasteiger partial charge in [-0.05, 0) is 50.1 Å². The molecule has 0 radical (unpaired) electrons. The number of hydrogen-bond donors (Lipinski definition) is 0. The maximum atomic E-state index is 12.7. The third kappa shape index (κ3) is 3.51. The number of allylic oxidation sites excluding steroid dienone is 1. The van der Waals surface area contributed by atoms with Crippen LogP contribution in [-0.4, -0.2) is 5.78 Å². The van der Waals surface area contributed by atoms with Crippen molar-refractivity contribution >= 4 is 11.9 Å². The van der Waals surface area contributed by atoms with Gasteiger partial charge in [-0.25, -0.2) is 0 Å². The minimum atomic E-state index is -0.137. The van der Waals surface area contributed by atoms with Gasteiger partial charge in [0, 0.05) is 12.1 Å². The SMILES string of the molecule is Cc1ccc(COc2cc(C)c3c(c2)O/C(=C\c2ccc(C)o2)C3=O)cc1. The monoisotopic (exact) mass is 360 g/mol. The maximum Gasteiger partial charge on any atom is 0.232 e. The van der Waals surface area contributed by atoms with Crippen LogP contribution in [0.25, 0.3) is 6.08 Å². The van der Waals surface area contributed by atoms with Crippen molar-refractivity contribution in [1.29, 1.82) is 0 Å². The third-order valence-electron chi connectivity index (χ3n) is 4.50. The Morgan fingerprint density at radius 1 is 1.00 bits per heavy atom. The molecule has 3 aromatic rings. The lowest BCUT2D eigenvalue weighted by Gasteiger charge is -2.09. The summed E-state index contributed by atoms with van der Waals surface area (Å²) in [5.74, 6) is 2.70. The van der Waals surface area contributed by atoms with Gasteiger partial charge < -0.3 is 13.9 Å². The molecule has 0 spiro atoms. The van der Waals surface area contributed by atoms with Gasteiger partial charge in [-0.15, -0.1) is 0 Å². The fourth-order valence-electron chi connectivity index (χ4n) is 3.07. The molecule has 136 valence electrons. The highest BCUT2D eigenvalue weighted by atomic mass is 16.5. The fourth-order valence-corrected chi connectivity index (χ4v) is 3.07. The second-order valence-corrected chi connectivity index (χ2v) is 6.78. The van der Waals surface area contributed by atoms with Crippen LogP contribution in [0.3, 0.4) is 0 Å². The van der Waals surface area contributed by atoms with Crippen LogP contribution >= 0.6 is 0 Å². The van der Waals surface area contributed by atoms with Crippen LogP contribution < -0.4 is 9.47 Å². The molecular weight excluding hydrogens is 340 g/mol. The summed E-state index contributed by atoms with van der Waals surface area (Å²) in [7, 11) is 0. The molecular formula is C23H20O4. The Balaban J connectivity index is 1.56. The van der Waals surface area contributed by atoms with E-state index in [1.165, 1.54) is 5.56 Å². The Labute approximate surface area is 158 Å². The molecule has 0 N–H and O–H groups in total. The van der Waals surface area contributed by atoms with Gasteiger partial charge in [0.05, 0.1) is 5.56 Å². The number of carbonyl (C=O) groups excluding carboxylic acids is 1. The minimum absolute atomic E-state index is 0.137. The van der Waals surface area contributed by atoms with Crippen LogP contribution in [-0.2, 0) is 6.61 Å². The number of furan rings is 1. The number of Topliss-reactive ketones (excluding diaryl/α,β-unsaturated/α-hetero) is 1. The molecule has 0 amide bonds. The van der Waals surface area contributed by atoms with Gasteiger partial charge in [-0.2, -0.15) is 0 Å². The van der Waals surface area contributed by atoms with Crippen LogP contribution in [0.15, 0.2) is 58.7 Å². The van der Waals surface area contributed by atoms with Crippen molar-refractivity contribution in [3.63, 3.8) is 0 Å². The van der Waals surface area contributed by atoms with E-state index in [1.54, 1.807) is 12.1 Å². The first-order valence-electron chi connectivity index (χ1n) is 8.83. The lowest BCUT2D eigenvalue weighted by atomic mass is 10.0. The van der Waals surface area contributed by atoms with Gasteiger partial charge in [0.15, 0.2) is 5.76 Å². The highest BCUT2D eigenvalue weighted by molar-refractivity contribution is 6.15. The summed E-state index contributed by atoms with van der Waals surface area (Å²) >= 11 is 0. The van der Waals surface area contributed by atoms with Crippen LogP contribution in [0.1, 0.15) is 38.6 Å². The van der Waals surface area contributed by atoms with E-state index in [4.69, 9.17) is 13.9 Å². The van der Waals surface area contributed by atoms with E-state index in [1.807, 2.05) is 44.2 Å². The summed E-state index contributed by atoms with van der Waals surface area (Å²) < 4.78 is 17.2. The van der Waals surface area contributed by atoms with Crippen LogP contribution in [0.5, 0.6) is 11.5 Å². The van der Waals surface area contributed by atoms with Crippen molar-refractivity contribution in [1.82, 2.24) is 0 Å². The molecule has 4 heteroatoms. The zero-order valence-corrected chi connectivity index (χ0v) is 15.5. The largest absolute Gasteiger partial charge is 0.489 e. The van der Waals surface area contributed by atoms with Crippen LogP contribution in [0.2, 0.25) is 0 Å². The molecule has 4 nitrogen and oxygen atoms in total. The summed E-state index contributed by atoms with van der Waals surface area (Å²) in [5.41, 5.74) is 3.71.